The number of aryl methyl sites for hydroxylation is 1. The highest BCUT2D eigenvalue weighted by Crippen LogP contribution is 2.27. The molecule has 136 valence electrons. The minimum Gasteiger partial charge on any atom is -0.497 e. The molecule has 0 unspecified atom stereocenters. The van der Waals surface area contributed by atoms with Crippen LogP contribution in [0.2, 0.25) is 0 Å². The van der Waals surface area contributed by atoms with E-state index >= 15 is 0 Å². The third kappa shape index (κ3) is 4.52. The molecule has 0 atom stereocenters. The molecule has 0 aromatic heterocycles. The van der Waals surface area contributed by atoms with E-state index in [1.807, 2.05) is 24.3 Å². The average Bonchev–Trinajstić information content (AvgIpc) is 2.68. The average molecular weight is 369 g/mol. The molecule has 3 rings (SSSR count). The SMILES string of the molecule is CCN1CCCc2cc(/C=N/NC(=S)Nc3ccc(OC)cc3)ccc21. The number of benzene rings is 2. The Kier molecular flexibility index (Phi) is 6.07. The van der Waals surface area contributed by atoms with Gasteiger partial charge in [-0.3, -0.25) is 5.43 Å². The van der Waals surface area contributed by atoms with Gasteiger partial charge in [0, 0.05) is 24.5 Å². The first-order chi connectivity index (χ1) is 12.7. The van der Waals surface area contributed by atoms with E-state index in [0.29, 0.717) is 5.11 Å². The monoisotopic (exact) mass is 368 g/mol. The number of nitrogens with zero attached hydrogens (tertiary/aromatic N) is 2. The lowest BCUT2D eigenvalue weighted by Gasteiger charge is -2.30. The number of methoxy groups -OCH3 is 1. The van der Waals surface area contributed by atoms with Gasteiger partial charge in [-0.2, -0.15) is 5.10 Å². The second-order valence-corrected chi connectivity index (χ2v) is 6.53. The molecule has 2 aromatic rings. The predicted molar refractivity (Wildman–Crippen MR) is 113 cm³/mol. The number of anilines is 2. The summed E-state index contributed by atoms with van der Waals surface area (Å²) in [5.41, 5.74) is 7.55. The van der Waals surface area contributed by atoms with Crippen LogP contribution in [-0.2, 0) is 6.42 Å². The molecule has 5 nitrogen and oxygen atoms in total. The van der Waals surface area contributed by atoms with Crippen LogP contribution in [0.4, 0.5) is 11.4 Å². The van der Waals surface area contributed by atoms with Crippen LogP contribution >= 0.6 is 12.2 Å². The van der Waals surface area contributed by atoms with E-state index in [1.54, 1.807) is 13.3 Å². The van der Waals surface area contributed by atoms with Gasteiger partial charge in [-0.15, -0.1) is 0 Å². The van der Waals surface area contributed by atoms with Crippen LogP contribution < -0.4 is 20.4 Å². The van der Waals surface area contributed by atoms with E-state index < -0.39 is 0 Å². The second kappa shape index (κ2) is 8.67. The van der Waals surface area contributed by atoms with Crippen molar-refractivity contribution in [3.05, 3.63) is 53.6 Å². The summed E-state index contributed by atoms with van der Waals surface area (Å²) in [7, 11) is 1.64. The van der Waals surface area contributed by atoms with Gasteiger partial charge in [-0.25, -0.2) is 0 Å². The highest BCUT2D eigenvalue weighted by Gasteiger charge is 2.15. The molecule has 2 N–H and O–H groups in total. The van der Waals surface area contributed by atoms with Crippen LogP contribution in [0.15, 0.2) is 47.6 Å². The maximum absolute atomic E-state index is 5.27. The first kappa shape index (κ1) is 18.2. The lowest BCUT2D eigenvalue weighted by Crippen LogP contribution is -2.28. The zero-order valence-corrected chi connectivity index (χ0v) is 16.0. The van der Waals surface area contributed by atoms with Gasteiger partial charge in [0.25, 0.3) is 0 Å². The van der Waals surface area contributed by atoms with Gasteiger partial charge in [0.2, 0.25) is 0 Å². The summed E-state index contributed by atoms with van der Waals surface area (Å²) < 4.78 is 5.14. The van der Waals surface area contributed by atoms with Crippen molar-refractivity contribution in [2.45, 2.75) is 19.8 Å². The van der Waals surface area contributed by atoms with Gasteiger partial charge in [0.1, 0.15) is 5.75 Å². The van der Waals surface area contributed by atoms with Crippen LogP contribution in [0, 0.1) is 0 Å². The number of thiocarbonyl (C=S) groups is 1. The van der Waals surface area contributed by atoms with Gasteiger partial charge in [0.15, 0.2) is 5.11 Å². The molecule has 0 saturated heterocycles. The zero-order valence-electron chi connectivity index (χ0n) is 15.2. The van der Waals surface area contributed by atoms with E-state index in [9.17, 15) is 0 Å². The van der Waals surface area contributed by atoms with E-state index in [-0.39, 0.29) is 0 Å². The number of hydrazone groups is 1. The van der Waals surface area contributed by atoms with Crippen molar-refractivity contribution in [3.8, 4) is 5.75 Å². The Hall–Kier alpha value is -2.60. The summed E-state index contributed by atoms with van der Waals surface area (Å²) in [6.45, 7) is 4.39. The number of hydrogen-bond acceptors (Lipinski definition) is 4. The maximum Gasteiger partial charge on any atom is 0.191 e. The number of rotatable bonds is 5. The molecule has 1 heterocycles. The lowest BCUT2D eigenvalue weighted by molar-refractivity contribution is 0.415. The summed E-state index contributed by atoms with van der Waals surface area (Å²) in [4.78, 5) is 2.42. The lowest BCUT2D eigenvalue weighted by atomic mass is 9.99. The third-order valence-electron chi connectivity index (χ3n) is 4.43. The normalized spacial score (nSPS) is 13.4. The van der Waals surface area contributed by atoms with Crippen molar-refractivity contribution in [2.24, 2.45) is 5.10 Å². The molecule has 6 heteroatoms. The van der Waals surface area contributed by atoms with E-state index in [4.69, 9.17) is 17.0 Å². The topological polar surface area (TPSA) is 48.9 Å². The number of ether oxygens (including phenoxy) is 1. The Bertz CT molecular complexity index is 789. The van der Waals surface area contributed by atoms with Crippen molar-refractivity contribution in [3.63, 3.8) is 0 Å². The smallest absolute Gasteiger partial charge is 0.191 e. The van der Waals surface area contributed by atoms with Crippen molar-refractivity contribution in [2.75, 3.05) is 30.4 Å². The zero-order chi connectivity index (χ0) is 18.4. The second-order valence-electron chi connectivity index (χ2n) is 6.12. The molecular weight excluding hydrogens is 344 g/mol. The summed E-state index contributed by atoms with van der Waals surface area (Å²) >= 11 is 5.27. The largest absolute Gasteiger partial charge is 0.497 e. The molecule has 1 aliphatic heterocycles. The number of nitrogens with one attached hydrogen (secondary N) is 2. The van der Waals surface area contributed by atoms with Crippen LogP contribution in [0.1, 0.15) is 24.5 Å². The third-order valence-corrected chi connectivity index (χ3v) is 4.62. The molecule has 0 aliphatic carbocycles. The fourth-order valence-corrected chi connectivity index (χ4v) is 3.27. The number of fused-ring (bicyclic) bond motifs is 1. The molecule has 2 aromatic carbocycles. The van der Waals surface area contributed by atoms with Gasteiger partial charge >= 0.3 is 0 Å². The van der Waals surface area contributed by atoms with Crippen molar-refractivity contribution >= 4 is 34.9 Å². The van der Waals surface area contributed by atoms with Crippen LogP contribution in [0.3, 0.4) is 0 Å². The molecule has 0 amide bonds. The molecular formula is C20H24N4OS. The van der Waals surface area contributed by atoms with Gasteiger partial charge in [-0.05, 0) is 79.5 Å². The van der Waals surface area contributed by atoms with E-state index in [1.165, 1.54) is 17.7 Å². The fraction of sp³-hybridized carbons (Fsp3) is 0.300. The minimum absolute atomic E-state index is 0.446. The van der Waals surface area contributed by atoms with Crippen molar-refractivity contribution < 1.29 is 4.74 Å². The summed E-state index contributed by atoms with van der Waals surface area (Å²) in [6.07, 6.45) is 4.13. The fourth-order valence-electron chi connectivity index (χ4n) is 3.10. The van der Waals surface area contributed by atoms with E-state index in [2.05, 4.69) is 45.9 Å². The molecule has 1 aliphatic rings. The van der Waals surface area contributed by atoms with Gasteiger partial charge in [0.05, 0.1) is 13.3 Å². The molecule has 0 saturated carbocycles. The predicted octanol–water partition coefficient (Wildman–Crippen LogP) is 3.79. The minimum atomic E-state index is 0.446. The van der Waals surface area contributed by atoms with Gasteiger partial charge in [-0.1, -0.05) is 6.07 Å². The van der Waals surface area contributed by atoms with E-state index in [0.717, 1.165) is 36.5 Å². The summed E-state index contributed by atoms with van der Waals surface area (Å²) in [5.74, 6) is 0.807. The molecule has 0 fully saturated rings. The molecule has 26 heavy (non-hydrogen) atoms. The summed E-state index contributed by atoms with van der Waals surface area (Å²) in [5, 5.41) is 7.78. The first-order valence-corrected chi connectivity index (χ1v) is 9.22. The quantitative estimate of drug-likeness (QED) is 0.478. The van der Waals surface area contributed by atoms with Crippen LogP contribution in [0.5, 0.6) is 5.75 Å². The Morgan fingerprint density at radius 2 is 2.08 bits per heavy atom. The Morgan fingerprint density at radius 1 is 1.27 bits per heavy atom. The molecule has 0 bridgehead atoms. The van der Waals surface area contributed by atoms with Crippen LogP contribution in [-0.4, -0.2) is 31.5 Å². The maximum atomic E-state index is 5.27. The van der Waals surface area contributed by atoms with Crippen LogP contribution in [0.25, 0.3) is 0 Å². The standard InChI is InChI=1S/C20H24N4OS/c1-3-24-12-4-5-16-13-15(6-11-19(16)24)14-21-23-20(26)22-17-7-9-18(25-2)10-8-17/h6-11,13-14H,3-5,12H2,1-2H3,(H2,22,23,26)/b21-14+. The highest BCUT2D eigenvalue weighted by molar-refractivity contribution is 7.80. The molecule has 0 spiro atoms. The van der Waals surface area contributed by atoms with Crippen molar-refractivity contribution in [1.82, 2.24) is 5.43 Å². The Morgan fingerprint density at radius 3 is 2.81 bits per heavy atom. The Labute approximate surface area is 160 Å². The first-order valence-electron chi connectivity index (χ1n) is 8.81. The Balaban J connectivity index is 1.57. The molecule has 0 radical (unpaired) electrons. The van der Waals surface area contributed by atoms with Gasteiger partial charge < -0.3 is 15.0 Å². The van der Waals surface area contributed by atoms with Crippen molar-refractivity contribution in [1.29, 1.82) is 0 Å². The number of hydrogen-bond donors (Lipinski definition) is 2. The summed E-state index contributed by atoms with van der Waals surface area (Å²) in [6, 6.07) is 14.0. The highest BCUT2D eigenvalue weighted by atomic mass is 32.1.